The quantitative estimate of drug-likeness (QED) is 0.317. The van der Waals surface area contributed by atoms with E-state index >= 15 is 0 Å². The van der Waals surface area contributed by atoms with E-state index in [0.29, 0.717) is 16.7 Å². The van der Waals surface area contributed by atoms with Crippen molar-refractivity contribution in [2.24, 2.45) is 10.8 Å². The predicted octanol–water partition coefficient (Wildman–Crippen LogP) is 0.700. The number of H-pyrrole nitrogens is 2. The molecule has 0 fully saturated rings. The number of aromatic nitrogens is 2. The summed E-state index contributed by atoms with van der Waals surface area (Å²) >= 11 is 0. The molecule has 1 aromatic carbocycles. The maximum atomic E-state index is 11.4. The number of nitrogens with zero attached hydrogens (tertiary/aromatic N) is 2. The van der Waals surface area contributed by atoms with Crippen molar-refractivity contribution in [1.29, 1.82) is 10.7 Å². The number of imidazole rings is 1. The molecule has 0 saturated heterocycles. The van der Waals surface area contributed by atoms with Gasteiger partial charge in [-0.15, -0.1) is 0 Å². The number of amidine groups is 1. The first-order valence-corrected chi connectivity index (χ1v) is 5.74. The van der Waals surface area contributed by atoms with E-state index in [0.717, 1.165) is 11.1 Å². The highest BCUT2D eigenvalue weighted by Crippen LogP contribution is 2.26. The van der Waals surface area contributed by atoms with Crippen LogP contribution in [0, 0.1) is 30.6 Å². The Bertz CT molecular complexity index is 819. The molecule has 0 radical (unpaired) electrons. The molecule has 102 valence electrons. The number of nitrogens with two attached hydrogens (primary N) is 1. The molecule has 1 aromatic heterocycles. The minimum Gasteiger partial charge on any atom is -0.382 e. The summed E-state index contributed by atoms with van der Waals surface area (Å²) in [6, 6.07) is 3.56. The lowest BCUT2D eigenvalue weighted by atomic mass is 10.1. The number of nitriles is 1. The van der Waals surface area contributed by atoms with Gasteiger partial charge in [-0.2, -0.15) is 10.4 Å². The van der Waals surface area contributed by atoms with Gasteiger partial charge >= 0.3 is 5.69 Å². The third-order valence-electron chi connectivity index (χ3n) is 2.97. The molecule has 2 aromatic rings. The van der Waals surface area contributed by atoms with Gasteiger partial charge in [0, 0.05) is 0 Å². The van der Waals surface area contributed by atoms with Crippen molar-refractivity contribution in [1.82, 2.24) is 9.97 Å². The topological polar surface area (TPSA) is 147 Å². The normalized spacial score (nSPS) is 11.3. The fourth-order valence-corrected chi connectivity index (χ4v) is 1.81. The Morgan fingerprint density at radius 1 is 1.50 bits per heavy atom. The van der Waals surface area contributed by atoms with Crippen molar-refractivity contribution >= 4 is 28.3 Å². The van der Waals surface area contributed by atoms with Crippen LogP contribution < -0.4 is 16.8 Å². The van der Waals surface area contributed by atoms with Crippen molar-refractivity contribution in [3.63, 3.8) is 0 Å². The Balaban J connectivity index is 2.59. The zero-order valence-electron chi connectivity index (χ0n) is 11.0. The van der Waals surface area contributed by atoms with Crippen LogP contribution in [-0.2, 0) is 0 Å². The van der Waals surface area contributed by atoms with Crippen LogP contribution in [0.15, 0.2) is 16.0 Å². The van der Waals surface area contributed by atoms with E-state index in [1.807, 2.05) is 19.9 Å². The SMILES string of the molecule is Cc1cc2[nH]c(=O)[nH]c2c(N/N=C(\C#N)C(=N)N)c1C. The number of anilines is 1. The number of hydrazone groups is 1. The molecule has 0 aliphatic heterocycles. The van der Waals surface area contributed by atoms with E-state index in [2.05, 4.69) is 20.5 Å². The number of fused-ring (bicyclic) bond motifs is 1. The van der Waals surface area contributed by atoms with Crippen LogP contribution in [-0.4, -0.2) is 21.5 Å². The Labute approximate surface area is 113 Å². The van der Waals surface area contributed by atoms with Gasteiger partial charge in [0.15, 0.2) is 5.84 Å². The summed E-state index contributed by atoms with van der Waals surface area (Å²) in [5.41, 5.74) is 10.9. The number of rotatable bonds is 3. The zero-order chi connectivity index (χ0) is 14.9. The Hall–Kier alpha value is -3.08. The maximum Gasteiger partial charge on any atom is 0.323 e. The second-order valence-corrected chi connectivity index (χ2v) is 4.29. The highest BCUT2D eigenvalue weighted by Gasteiger charge is 2.11. The molecular formula is C12H13N7O. The smallest absolute Gasteiger partial charge is 0.323 e. The van der Waals surface area contributed by atoms with E-state index in [4.69, 9.17) is 16.4 Å². The summed E-state index contributed by atoms with van der Waals surface area (Å²) in [6.45, 7) is 3.75. The lowest BCUT2D eigenvalue weighted by Crippen LogP contribution is -2.22. The van der Waals surface area contributed by atoms with Gasteiger partial charge in [0.1, 0.15) is 6.07 Å². The van der Waals surface area contributed by atoms with Gasteiger partial charge in [-0.25, -0.2) is 4.79 Å². The van der Waals surface area contributed by atoms with Crippen LogP contribution in [0.4, 0.5) is 5.69 Å². The molecule has 0 bridgehead atoms. The molecule has 0 saturated carbocycles. The molecule has 1 heterocycles. The predicted molar refractivity (Wildman–Crippen MR) is 77.0 cm³/mol. The third-order valence-corrected chi connectivity index (χ3v) is 2.97. The van der Waals surface area contributed by atoms with E-state index in [9.17, 15) is 4.79 Å². The molecule has 0 aliphatic carbocycles. The molecule has 0 unspecified atom stereocenters. The molecule has 0 amide bonds. The first-order valence-electron chi connectivity index (χ1n) is 5.74. The summed E-state index contributed by atoms with van der Waals surface area (Å²) in [5.74, 6) is -0.427. The van der Waals surface area contributed by atoms with Gasteiger partial charge in [-0.05, 0) is 31.0 Å². The number of nitrogens with one attached hydrogen (secondary N) is 4. The minimum absolute atomic E-state index is 0.225. The van der Waals surface area contributed by atoms with Gasteiger partial charge in [-0.3, -0.25) is 10.8 Å². The van der Waals surface area contributed by atoms with Gasteiger partial charge in [0.05, 0.1) is 16.7 Å². The van der Waals surface area contributed by atoms with Crippen molar-refractivity contribution in [3.05, 3.63) is 27.7 Å². The zero-order valence-corrected chi connectivity index (χ0v) is 11.0. The first-order chi connectivity index (χ1) is 9.43. The maximum absolute atomic E-state index is 11.4. The van der Waals surface area contributed by atoms with Crippen molar-refractivity contribution in [3.8, 4) is 6.07 Å². The lowest BCUT2D eigenvalue weighted by Gasteiger charge is -2.09. The summed E-state index contributed by atoms with van der Waals surface area (Å²) in [4.78, 5) is 16.7. The van der Waals surface area contributed by atoms with Crippen LogP contribution in [0.5, 0.6) is 0 Å². The van der Waals surface area contributed by atoms with Crippen molar-refractivity contribution in [2.75, 3.05) is 5.43 Å². The minimum atomic E-state index is -0.427. The highest BCUT2D eigenvalue weighted by atomic mass is 16.1. The van der Waals surface area contributed by atoms with Crippen LogP contribution in [0.3, 0.4) is 0 Å². The Kier molecular flexibility index (Phi) is 3.27. The molecule has 0 aliphatic rings. The number of benzene rings is 1. The Morgan fingerprint density at radius 3 is 2.80 bits per heavy atom. The molecular weight excluding hydrogens is 258 g/mol. The fourth-order valence-electron chi connectivity index (χ4n) is 1.81. The molecule has 20 heavy (non-hydrogen) atoms. The van der Waals surface area contributed by atoms with Crippen molar-refractivity contribution in [2.45, 2.75) is 13.8 Å². The van der Waals surface area contributed by atoms with Gasteiger partial charge < -0.3 is 15.7 Å². The second kappa shape index (κ2) is 4.89. The number of aryl methyl sites for hydroxylation is 1. The molecule has 6 N–H and O–H groups in total. The summed E-state index contributed by atoms with van der Waals surface area (Å²) in [7, 11) is 0. The lowest BCUT2D eigenvalue weighted by molar-refractivity contribution is 1.21. The van der Waals surface area contributed by atoms with Crippen molar-refractivity contribution < 1.29 is 0 Å². The molecule has 2 rings (SSSR count). The van der Waals surface area contributed by atoms with Crippen LogP contribution in [0.1, 0.15) is 11.1 Å². The van der Waals surface area contributed by atoms with E-state index in [1.165, 1.54) is 0 Å². The number of hydrogen-bond donors (Lipinski definition) is 5. The largest absolute Gasteiger partial charge is 0.382 e. The third kappa shape index (κ3) is 2.24. The van der Waals surface area contributed by atoms with E-state index in [1.54, 1.807) is 6.07 Å². The fraction of sp³-hybridized carbons (Fsp3) is 0.167. The number of aromatic amines is 2. The monoisotopic (exact) mass is 271 g/mol. The molecule has 0 spiro atoms. The van der Waals surface area contributed by atoms with Gasteiger partial charge in [0.2, 0.25) is 5.71 Å². The Morgan fingerprint density at radius 2 is 2.20 bits per heavy atom. The van der Waals surface area contributed by atoms with Crippen LogP contribution in [0.2, 0.25) is 0 Å². The molecule has 8 heteroatoms. The summed E-state index contributed by atoms with van der Waals surface area (Å²) in [6.07, 6.45) is 0. The summed E-state index contributed by atoms with van der Waals surface area (Å²) < 4.78 is 0. The van der Waals surface area contributed by atoms with Crippen LogP contribution in [0.25, 0.3) is 11.0 Å². The average Bonchev–Trinajstić information content (AvgIpc) is 2.74. The second-order valence-electron chi connectivity index (χ2n) is 4.29. The summed E-state index contributed by atoms with van der Waals surface area (Å²) in [5, 5.41) is 19.8. The average molecular weight is 271 g/mol. The molecule has 0 atom stereocenters. The standard InChI is InChI=1S/C12H13N7O/c1-5-3-7-10(17-12(20)16-7)9(6(5)2)19-18-8(4-13)11(14)15/h3,19H,1-2H3,(H3,14,15)(H2,16,17,20)/b18-8+. The van der Waals surface area contributed by atoms with E-state index in [-0.39, 0.29) is 11.4 Å². The van der Waals surface area contributed by atoms with Gasteiger partial charge in [0.25, 0.3) is 0 Å². The van der Waals surface area contributed by atoms with Gasteiger partial charge in [-0.1, -0.05) is 0 Å². The van der Waals surface area contributed by atoms with Crippen LogP contribution >= 0.6 is 0 Å². The first kappa shape index (κ1) is 13.4. The van der Waals surface area contributed by atoms with E-state index < -0.39 is 5.84 Å². The highest BCUT2D eigenvalue weighted by molar-refractivity contribution is 6.45. The molecule has 8 nitrogen and oxygen atoms in total. The number of hydrogen-bond acceptors (Lipinski definition) is 5.